The number of hydrogen-bond acceptors (Lipinski definition) is 2. The van der Waals surface area contributed by atoms with Crippen LogP contribution in [0.4, 0.5) is 4.39 Å². The summed E-state index contributed by atoms with van der Waals surface area (Å²) in [5.41, 5.74) is 5.86. The van der Waals surface area contributed by atoms with Crippen molar-refractivity contribution in [2.75, 3.05) is 6.54 Å². The van der Waals surface area contributed by atoms with Gasteiger partial charge in [0.25, 0.3) is 0 Å². The van der Waals surface area contributed by atoms with Crippen molar-refractivity contribution in [3.8, 4) is 0 Å². The number of nitrogens with two attached hydrogens (primary N) is 1. The molecule has 18 heavy (non-hydrogen) atoms. The molecule has 0 aliphatic rings. The van der Waals surface area contributed by atoms with E-state index in [0.717, 1.165) is 5.56 Å². The third-order valence-corrected chi connectivity index (χ3v) is 3.09. The first-order valence-corrected chi connectivity index (χ1v) is 6.10. The van der Waals surface area contributed by atoms with Crippen LogP contribution in [0.2, 0.25) is 5.02 Å². The highest BCUT2D eigenvalue weighted by atomic mass is 35.5. The lowest BCUT2D eigenvalue weighted by atomic mass is 9.84. The van der Waals surface area contributed by atoms with Crippen molar-refractivity contribution in [2.45, 2.75) is 32.2 Å². The highest BCUT2D eigenvalue weighted by Crippen LogP contribution is 2.29. The van der Waals surface area contributed by atoms with E-state index in [0.29, 0.717) is 11.6 Å². The number of amides is 1. The topological polar surface area (TPSA) is 55.1 Å². The highest BCUT2D eigenvalue weighted by Gasteiger charge is 2.24. The molecule has 3 N–H and O–H groups in total. The molecule has 1 rings (SSSR count). The fraction of sp³-hybridized carbons (Fsp3) is 0.462. The van der Waals surface area contributed by atoms with Crippen LogP contribution < -0.4 is 11.1 Å². The predicted octanol–water partition coefficient (Wildman–Crippen LogP) is 2.22. The molecule has 1 amide bonds. The van der Waals surface area contributed by atoms with Gasteiger partial charge in [-0.3, -0.25) is 4.79 Å². The number of hydrogen-bond donors (Lipinski definition) is 2. The van der Waals surface area contributed by atoms with Crippen LogP contribution in [0.15, 0.2) is 18.2 Å². The molecule has 3 nitrogen and oxygen atoms in total. The Hall–Kier alpha value is -1.13. The summed E-state index contributed by atoms with van der Waals surface area (Å²) in [5, 5.41) is 3.10. The van der Waals surface area contributed by atoms with Crippen LogP contribution in [0.3, 0.4) is 0 Å². The van der Waals surface area contributed by atoms with Crippen molar-refractivity contribution < 1.29 is 9.18 Å². The molecular formula is C13H18ClFN2O. The first kappa shape index (κ1) is 14.9. The zero-order valence-corrected chi connectivity index (χ0v) is 11.5. The lowest BCUT2D eigenvalue weighted by Gasteiger charge is -2.27. The molecule has 0 aliphatic heterocycles. The zero-order chi connectivity index (χ0) is 13.9. The van der Waals surface area contributed by atoms with Crippen LogP contribution in [0, 0.1) is 5.82 Å². The number of nitrogens with one attached hydrogen (secondary N) is 1. The first-order chi connectivity index (χ1) is 8.24. The minimum absolute atomic E-state index is 0.221. The lowest BCUT2D eigenvalue weighted by molar-refractivity contribution is -0.122. The molecule has 5 heteroatoms. The second-order valence-electron chi connectivity index (χ2n) is 5.01. The maximum Gasteiger partial charge on any atom is 0.236 e. The molecule has 0 unspecified atom stereocenters. The summed E-state index contributed by atoms with van der Waals surface area (Å²) in [6, 6.07) is 3.71. The van der Waals surface area contributed by atoms with Gasteiger partial charge in [-0.15, -0.1) is 0 Å². The van der Waals surface area contributed by atoms with E-state index in [1.807, 2.05) is 13.8 Å². The summed E-state index contributed by atoms with van der Waals surface area (Å²) in [4.78, 5) is 11.4. The van der Waals surface area contributed by atoms with E-state index >= 15 is 0 Å². The van der Waals surface area contributed by atoms with E-state index in [-0.39, 0.29) is 11.7 Å². The van der Waals surface area contributed by atoms with Gasteiger partial charge in [0.1, 0.15) is 5.82 Å². The van der Waals surface area contributed by atoms with Crippen LogP contribution >= 0.6 is 11.6 Å². The van der Waals surface area contributed by atoms with Gasteiger partial charge in [-0.2, -0.15) is 0 Å². The maximum atomic E-state index is 13.0. The van der Waals surface area contributed by atoms with Gasteiger partial charge in [-0.05, 0) is 24.6 Å². The van der Waals surface area contributed by atoms with Gasteiger partial charge in [-0.25, -0.2) is 4.39 Å². The van der Waals surface area contributed by atoms with Crippen LogP contribution in [0.25, 0.3) is 0 Å². The molecule has 1 atom stereocenters. The fourth-order valence-corrected chi connectivity index (χ4v) is 2.03. The van der Waals surface area contributed by atoms with Crippen LogP contribution in [0.5, 0.6) is 0 Å². The number of halogens is 2. The standard InChI is InChI=1S/C13H18ClFN2O/c1-8(16)12(18)17-7-13(2,3)10-5-4-9(15)6-11(10)14/h4-6,8H,7,16H2,1-3H3,(H,17,18)/t8-/m0/s1. The van der Waals surface area contributed by atoms with Gasteiger partial charge in [0.05, 0.1) is 6.04 Å². The Balaban J connectivity index is 2.82. The van der Waals surface area contributed by atoms with Crippen molar-refractivity contribution in [2.24, 2.45) is 5.73 Å². The summed E-state index contributed by atoms with van der Waals surface area (Å²) in [7, 11) is 0. The van der Waals surface area contributed by atoms with E-state index in [4.69, 9.17) is 17.3 Å². The molecule has 0 spiro atoms. The molecular weight excluding hydrogens is 255 g/mol. The smallest absolute Gasteiger partial charge is 0.236 e. The second-order valence-corrected chi connectivity index (χ2v) is 5.42. The number of carbonyl (C=O) groups is 1. The summed E-state index contributed by atoms with van der Waals surface area (Å²) in [6.45, 7) is 5.85. The largest absolute Gasteiger partial charge is 0.354 e. The Kier molecular flexibility index (Phi) is 4.71. The van der Waals surface area contributed by atoms with Gasteiger partial charge < -0.3 is 11.1 Å². The summed E-state index contributed by atoms with van der Waals surface area (Å²) < 4.78 is 13.0. The van der Waals surface area contributed by atoms with Crippen molar-refractivity contribution >= 4 is 17.5 Å². The average molecular weight is 273 g/mol. The molecule has 0 heterocycles. The molecule has 100 valence electrons. The van der Waals surface area contributed by atoms with Gasteiger partial charge in [0, 0.05) is 17.0 Å². The normalized spacial score (nSPS) is 13.2. The SMILES string of the molecule is C[C@H](N)C(=O)NCC(C)(C)c1ccc(F)cc1Cl. The summed E-state index contributed by atoms with van der Waals surface area (Å²) >= 11 is 6.01. The van der Waals surface area contributed by atoms with Crippen LogP contribution in [-0.4, -0.2) is 18.5 Å². The van der Waals surface area contributed by atoms with E-state index in [1.165, 1.54) is 12.1 Å². The van der Waals surface area contributed by atoms with Crippen molar-refractivity contribution in [1.29, 1.82) is 0 Å². The fourth-order valence-electron chi connectivity index (χ4n) is 1.60. The van der Waals surface area contributed by atoms with Gasteiger partial charge in [0.2, 0.25) is 5.91 Å². The second kappa shape index (κ2) is 5.67. The van der Waals surface area contributed by atoms with Gasteiger partial charge in [-0.1, -0.05) is 31.5 Å². The Bertz CT molecular complexity index is 447. The summed E-state index contributed by atoms with van der Waals surface area (Å²) in [6.07, 6.45) is 0. The van der Waals surface area contributed by atoms with Crippen LogP contribution in [-0.2, 0) is 10.2 Å². The molecule has 0 saturated heterocycles. The lowest BCUT2D eigenvalue weighted by Crippen LogP contribution is -2.43. The van der Waals surface area contributed by atoms with Crippen molar-refractivity contribution in [3.05, 3.63) is 34.6 Å². The molecule has 1 aromatic carbocycles. The Morgan fingerprint density at radius 2 is 2.17 bits per heavy atom. The predicted molar refractivity (Wildman–Crippen MR) is 71.1 cm³/mol. The quantitative estimate of drug-likeness (QED) is 0.883. The minimum atomic E-state index is -0.551. The van der Waals surface area contributed by atoms with E-state index in [2.05, 4.69) is 5.32 Å². The van der Waals surface area contributed by atoms with Gasteiger partial charge >= 0.3 is 0 Å². The molecule has 0 aliphatic carbocycles. The van der Waals surface area contributed by atoms with Gasteiger partial charge in [0.15, 0.2) is 0 Å². The zero-order valence-electron chi connectivity index (χ0n) is 10.8. The number of benzene rings is 1. The maximum absolute atomic E-state index is 13.0. The van der Waals surface area contributed by atoms with Crippen molar-refractivity contribution in [3.63, 3.8) is 0 Å². The molecule has 1 aromatic rings. The monoisotopic (exact) mass is 272 g/mol. The Labute approximate surface area is 112 Å². The van der Waals surface area contributed by atoms with E-state index in [9.17, 15) is 9.18 Å². The third kappa shape index (κ3) is 3.68. The summed E-state index contributed by atoms with van der Waals surface area (Å²) in [5.74, 6) is -0.597. The molecule has 0 radical (unpaired) electrons. The number of rotatable bonds is 4. The third-order valence-electron chi connectivity index (χ3n) is 2.78. The highest BCUT2D eigenvalue weighted by molar-refractivity contribution is 6.31. The minimum Gasteiger partial charge on any atom is -0.354 e. The molecule has 0 fully saturated rings. The molecule has 0 saturated carbocycles. The Morgan fingerprint density at radius 1 is 1.56 bits per heavy atom. The first-order valence-electron chi connectivity index (χ1n) is 5.73. The van der Waals surface area contributed by atoms with Crippen molar-refractivity contribution in [1.82, 2.24) is 5.32 Å². The van der Waals surface area contributed by atoms with Crippen LogP contribution in [0.1, 0.15) is 26.3 Å². The average Bonchev–Trinajstić information content (AvgIpc) is 2.25. The van der Waals surface area contributed by atoms with E-state index < -0.39 is 11.5 Å². The molecule has 0 bridgehead atoms. The number of carbonyl (C=O) groups excluding carboxylic acids is 1. The van der Waals surface area contributed by atoms with E-state index in [1.54, 1.807) is 13.0 Å². The molecule has 0 aromatic heterocycles. The Morgan fingerprint density at radius 3 is 2.67 bits per heavy atom.